The standard InChI is InChI=1S/C9H13Br2NO2S2/c1-16(13,14)4-2-3-7(12)6-5-8(10)15-9(6)11/h5,7H,2-4,12H2,1H3. The first-order chi connectivity index (χ1) is 7.29. The summed E-state index contributed by atoms with van der Waals surface area (Å²) in [5, 5.41) is 0. The maximum absolute atomic E-state index is 11.0. The number of hydrogen-bond acceptors (Lipinski definition) is 4. The van der Waals surface area contributed by atoms with Crippen molar-refractivity contribution in [3.8, 4) is 0 Å². The van der Waals surface area contributed by atoms with E-state index in [9.17, 15) is 8.42 Å². The van der Waals surface area contributed by atoms with Gasteiger partial charge < -0.3 is 5.73 Å². The first-order valence-corrected chi connectivity index (χ1v) is 9.14. The Hall–Kier alpha value is 0.570. The second-order valence-corrected chi connectivity index (χ2v) is 9.67. The molecule has 0 radical (unpaired) electrons. The molecule has 7 heteroatoms. The van der Waals surface area contributed by atoms with Crippen LogP contribution in [-0.2, 0) is 9.84 Å². The highest BCUT2D eigenvalue weighted by Gasteiger charge is 2.14. The minimum absolute atomic E-state index is 0.112. The molecule has 0 bridgehead atoms. The van der Waals surface area contributed by atoms with Crippen LogP contribution in [0.4, 0.5) is 0 Å². The van der Waals surface area contributed by atoms with Crippen LogP contribution in [0, 0.1) is 0 Å². The smallest absolute Gasteiger partial charge is 0.147 e. The van der Waals surface area contributed by atoms with E-state index in [-0.39, 0.29) is 11.8 Å². The van der Waals surface area contributed by atoms with E-state index in [1.807, 2.05) is 6.07 Å². The molecule has 3 nitrogen and oxygen atoms in total. The van der Waals surface area contributed by atoms with Crippen LogP contribution in [0.2, 0.25) is 0 Å². The Bertz CT molecular complexity index is 456. The molecule has 0 aliphatic heterocycles. The lowest BCUT2D eigenvalue weighted by molar-refractivity contribution is 0.588. The molecular formula is C9H13Br2NO2S2. The zero-order valence-corrected chi connectivity index (χ0v) is 13.5. The number of rotatable bonds is 5. The average molecular weight is 391 g/mol. The Morgan fingerprint density at radius 2 is 2.12 bits per heavy atom. The average Bonchev–Trinajstić information content (AvgIpc) is 2.43. The van der Waals surface area contributed by atoms with Gasteiger partial charge in [0.25, 0.3) is 0 Å². The molecule has 16 heavy (non-hydrogen) atoms. The molecule has 1 aromatic rings. The van der Waals surface area contributed by atoms with Gasteiger partial charge in [-0.1, -0.05) is 0 Å². The van der Waals surface area contributed by atoms with Gasteiger partial charge in [-0.15, -0.1) is 11.3 Å². The molecule has 0 saturated heterocycles. The molecule has 0 aromatic carbocycles. The molecule has 1 rings (SSSR count). The van der Waals surface area contributed by atoms with Crippen LogP contribution in [0.5, 0.6) is 0 Å². The van der Waals surface area contributed by atoms with E-state index in [0.717, 1.165) is 13.1 Å². The second-order valence-electron chi connectivity index (χ2n) is 3.66. The fourth-order valence-corrected chi connectivity index (χ4v) is 5.02. The fraction of sp³-hybridized carbons (Fsp3) is 0.556. The molecular weight excluding hydrogens is 378 g/mol. The van der Waals surface area contributed by atoms with Crippen molar-refractivity contribution in [2.24, 2.45) is 5.73 Å². The van der Waals surface area contributed by atoms with E-state index in [2.05, 4.69) is 31.9 Å². The van der Waals surface area contributed by atoms with Gasteiger partial charge in [0, 0.05) is 18.1 Å². The Morgan fingerprint density at radius 3 is 2.56 bits per heavy atom. The molecule has 92 valence electrons. The zero-order chi connectivity index (χ0) is 12.3. The van der Waals surface area contributed by atoms with Crippen molar-refractivity contribution in [2.75, 3.05) is 12.0 Å². The summed E-state index contributed by atoms with van der Waals surface area (Å²) >= 11 is 8.40. The quantitative estimate of drug-likeness (QED) is 0.840. The van der Waals surface area contributed by atoms with Crippen molar-refractivity contribution in [3.63, 3.8) is 0 Å². The van der Waals surface area contributed by atoms with Crippen molar-refractivity contribution in [2.45, 2.75) is 18.9 Å². The van der Waals surface area contributed by atoms with Gasteiger partial charge in [0.2, 0.25) is 0 Å². The number of thiophene rings is 1. The zero-order valence-electron chi connectivity index (χ0n) is 8.74. The lowest BCUT2D eigenvalue weighted by atomic mass is 10.1. The van der Waals surface area contributed by atoms with Crippen LogP contribution < -0.4 is 5.73 Å². The van der Waals surface area contributed by atoms with Crippen molar-refractivity contribution in [1.82, 2.24) is 0 Å². The van der Waals surface area contributed by atoms with Crippen molar-refractivity contribution in [3.05, 3.63) is 19.2 Å². The van der Waals surface area contributed by atoms with E-state index in [1.54, 1.807) is 11.3 Å². The molecule has 2 N–H and O–H groups in total. The Labute approximate surface area is 117 Å². The summed E-state index contributed by atoms with van der Waals surface area (Å²) in [4.78, 5) is 0. The number of halogens is 2. The van der Waals surface area contributed by atoms with Crippen molar-refractivity contribution >= 4 is 53.0 Å². The number of hydrogen-bond donors (Lipinski definition) is 1. The molecule has 1 atom stereocenters. The summed E-state index contributed by atoms with van der Waals surface area (Å²) in [6.45, 7) is 0. The normalized spacial score (nSPS) is 14.0. The van der Waals surface area contributed by atoms with Gasteiger partial charge >= 0.3 is 0 Å². The number of sulfone groups is 1. The lowest BCUT2D eigenvalue weighted by Crippen LogP contribution is -2.12. The van der Waals surface area contributed by atoms with Crippen LogP contribution in [0.15, 0.2) is 13.6 Å². The predicted molar refractivity (Wildman–Crippen MR) is 75.6 cm³/mol. The fourth-order valence-electron chi connectivity index (χ4n) is 1.33. The van der Waals surface area contributed by atoms with Gasteiger partial charge in [-0.05, 0) is 56.3 Å². The molecule has 0 aliphatic carbocycles. The van der Waals surface area contributed by atoms with Gasteiger partial charge in [0.1, 0.15) is 9.84 Å². The summed E-state index contributed by atoms with van der Waals surface area (Å²) in [7, 11) is -2.88. The van der Waals surface area contributed by atoms with Crippen molar-refractivity contribution in [1.29, 1.82) is 0 Å². The molecule has 1 heterocycles. The van der Waals surface area contributed by atoms with Crippen molar-refractivity contribution < 1.29 is 8.42 Å². The second kappa shape index (κ2) is 5.95. The monoisotopic (exact) mass is 389 g/mol. The van der Waals surface area contributed by atoms with Crippen LogP contribution in [0.25, 0.3) is 0 Å². The maximum atomic E-state index is 11.0. The topological polar surface area (TPSA) is 60.2 Å². The Balaban J connectivity index is 2.53. The maximum Gasteiger partial charge on any atom is 0.147 e. The van der Waals surface area contributed by atoms with Crippen LogP contribution in [-0.4, -0.2) is 20.4 Å². The van der Waals surface area contributed by atoms with Crippen LogP contribution >= 0.6 is 43.2 Å². The van der Waals surface area contributed by atoms with Gasteiger partial charge in [-0.25, -0.2) is 8.42 Å². The molecule has 0 fully saturated rings. The summed E-state index contributed by atoms with van der Waals surface area (Å²) in [6, 6.07) is 1.86. The molecule has 0 amide bonds. The first-order valence-electron chi connectivity index (χ1n) is 4.67. The molecule has 1 unspecified atom stereocenters. The summed E-state index contributed by atoms with van der Waals surface area (Å²) in [5.41, 5.74) is 7.03. The van der Waals surface area contributed by atoms with E-state index < -0.39 is 9.84 Å². The van der Waals surface area contributed by atoms with E-state index >= 15 is 0 Å². The third kappa shape index (κ3) is 4.83. The SMILES string of the molecule is CS(=O)(=O)CCCC(N)c1cc(Br)sc1Br. The third-order valence-corrected chi connectivity index (χ3v) is 5.53. The summed E-state index contributed by atoms with van der Waals surface area (Å²) in [5.74, 6) is 0.198. The van der Waals surface area contributed by atoms with Gasteiger partial charge in [0.15, 0.2) is 0 Å². The third-order valence-electron chi connectivity index (χ3n) is 2.11. The molecule has 1 aromatic heterocycles. The highest BCUT2D eigenvalue weighted by molar-refractivity contribution is 9.12. The van der Waals surface area contributed by atoms with E-state index in [1.165, 1.54) is 6.26 Å². The number of nitrogens with two attached hydrogens (primary N) is 1. The molecule has 0 aliphatic rings. The minimum atomic E-state index is -2.88. The Morgan fingerprint density at radius 1 is 1.50 bits per heavy atom. The molecule has 0 saturated carbocycles. The lowest BCUT2D eigenvalue weighted by Gasteiger charge is -2.09. The highest BCUT2D eigenvalue weighted by atomic mass is 79.9. The largest absolute Gasteiger partial charge is 0.324 e. The Kier molecular flexibility index (Phi) is 5.44. The summed E-state index contributed by atoms with van der Waals surface area (Å²) < 4.78 is 24.0. The van der Waals surface area contributed by atoms with E-state index in [4.69, 9.17) is 5.73 Å². The predicted octanol–water partition coefficient (Wildman–Crippen LogP) is 3.10. The molecule has 0 spiro atoms. The summed E-state index contributed by atoms with van der Waals surface area (Å²) in [6.07, 6.45) is 2.52. The van der Waals surface area contributed by atoms with Crippen LogP contribution in [0.1, 0.15) is 24.4 Å². The van der Waals surface area contributed by atoms with Gasteiger partial charge in [0.05, 0.1) is 7.57 Å². The first kappa shape index (κ1) is 14.6. The van der Waals surface area contributed by atoms with Gasteiger partial charge in [-0.2, -0.15) is 0 Å². The van der Waals surface area contributed by atoms with E-state index in [0.29, 0.717) is 12.8 Å². The van der Waals surface area contributed by atoms with Crippen LogP contribution in [0.3, 0.4) is 0 Å². The van der Waals surface area contributed by atoms with Gasteiger partial charge in [-0.3, -0.25) is 0 Å². The minimum Gasteiger partial charge on any atom is -0.324 e. The highest BCUT2D eigenvalue weighted by Crippen LogP contribution is 2.35.